The molecule has 2 N–H and O–H groups in total. The lowest BCUT2D eigenvalue weighted by atomic mass is 10.2. The Morgan fingerprint density at radius 3 is 2.81 bits per heavy atom. The Labute approximate surface area is 94.9 Å². The number of nitrogens with one attached hydrogen (secondary N) is 1. The monoisotopic (exact) mass is 220 g/mol. The molecule has 0 atom stereocenters. The van der Waals surface area contributed by atoms with Crippen molar-refractivity contribution in [2.45, 2.75) is 19.4 Å². The molecule has 1 fully saturated rings. The third-order valence-electron chi connectivity index (χ3n) is 2.75. The van der Waals surface area contributed by atoms with Gasteiger partial charge in [0, 0.05) is 19.6 Å². The second kappa shape index (κ2) is 4.88. The number of benzene rings is 1. The van der Waals surface area contributed by atoms with Crippen molar-refractivity contribution < 1.29 is 9.90 Å². The van der Waals surface area contributed by atoms with E-state index in [4.69, 9.17) is 0 Å². The fourth-order valence-corrected chi connectivity index (χ4v) is 1.88. The lowest BCUT2D eigenvalue weighted by Crippen LogP contribution is -2.37. The van der Waals surface area contributed by atoms with Crippen LogP contribution in [0.15, 0.2) is 24.3 Å². The molecule has 86 valence electrons. The average Bonchev–Trinajstić information content (AvgIpc) is 2.79. The van der Waals surface area contributed by atoms with Gasteiger partial charge in [-0.1, -0.05) is 12.1 Å². The summed E-state index contributed by atoms with van der Waals surface area (Å²) < 4.78 is 0. The Morgan fingerprint density at radius 1 is 1.38 bits per heavy atom. The Hall–Kier alpha value is -1.71. The number of hydrogen-bond donors (Lipinski definition) is 2. The molecule has 2 rings (SSSR count). The molecule has 4 nitrogen and oxygen atoms in total. The topological polar surface area (TPSA) is 52.6 Å². The Bertz CT molecular complexity index is 373. The van der Waals surface area contributed by atoms with Gasteiger partial charge in [-0.05, 0) is 30.5 Å². The van der Waals surface area contributed by atoms with Crippen LogP contribution in [0.3, 0.4) is 0 Å². The van der Waals surface area contributed by atoms with E-state index in [0.717, 1.165) is 31.5 Å². The Balaban J connectivity index is 1.84. The number of phenols is 1. The molecule has 2 amide bonds. The van der Waals surface area contributed by atoms with Crippen LogP contribution in [0.4, 0.5) is 4.79 Å². The lowest BCUT2D eigenvalue weighted by molar-refractivity contribution is 0.208. The highest BCUT2D eigenvalue weighted by Crippen LogP contribution is 2.11. The fraction of sp³-hybridized carbons (Fsp3) is 0.417. The highest BCUT2D eigenvalue weighted by atomic mass is 16.3. The van der Waals surface area contributed by atoms with Crippen LogP contribution in [0.1, 0.15) is 18.4 Å². The summed E-state index contributed by atoms with van der Waals surface area (Å²) in [6, 6.07) is 6.91. The zero-order valence-corrected chi connectivity index (χ0v) is 9.15. The van der Waals surface area contributed by atoms with E-state index in [9.17, 15) is 9.90 Å². The number of nitrogens with zero attached hydrogens (tertiary/aromatic N) is 1. The van der Waals surface area contributed by atoms with Gasteiger partial charge >= 0.3 is 6.03 Å². The first-order chi connectivity index (χ1) is 7.75. The quantitative estimate of drug-likeness (QED) is 0.797. The van der Waals surface area contributed by atoms with Crippen LogP contribution in [-0.4, -0.2) is 29.1 Å². The molecular weight excluding hydrogens is 204 g/mol. The maximum absolute atomic E-state index is 11.7. The number of urea groups is 1. The summed E-state index contributed by atoms with van der Waals surface area (Å²) in [6.07, 6.45) is 2.19. The summed E-state index contributed by atoms with van der Waals surface area (Å²) in [5.74, 6) is 0.230. The molecule has 0 bridgehead atoms. The predicted molar refractivity (Wildman–Crippen MR) is 61.1 cm³/mol. The SMILES string of the molecule is O=C(NCc1cccc(O)c1)N1CCCC1. The van der Waals surface area contributed by atoms with Crippen LogP contribution in [0.25, 0.3) is 0 Å². The summed E-state index contributed by atoms with van der Waals surface area (Å²) in [7, 11) is 0. The molecule has 1 saturated heterocycles. The fourth-order valence-electron chi connectivity index (χ4n) is 1.88. The first kappa shape index (κ1) is 10.8. The lowest BCUT2D eigenvalue weighted by Gasteiger charge is -2.16. The van der Waals surface area contributed by atoms with Crippen molar-refractivity contribution in [3.8, 4) is 5.75 Å². The number of amides is 2. The van der Waals surface area contributed by atoms with E-state index < -0.39 is 0 Å². The molecule has 1 aromatic rings. The highest BCUT2D eigenvalue weighted by molar-refractivity contribution is 5.74. The molecule has 0 spiro atoms. The first-order valence-electron chi connectivity index (χ1n) is 5.56. The van der Waals surface area contributed by atoms with Crippen LogP contribution in [0.5, 0.6) is 5.75 Å². The zero-order chi connectivity index (χ0) is 11.4. The molecule has 1 aliphatic heterocycles. The summed E-state index contributed by atoms with van der Waals surface area (Å²) in [4.78, 5) is 13.5. The molecule has 16 heavy (non-hydrogen) atoms. The van der Waals surface area contributed by atoms with E-state index in [1.807, 2.05) is 11.0 Å². The Morgan fingerprint density at radius 2 is 2.12 bits per heavy atom. The van der Waals surface area contributed by atoms with Crippen molar-refractivity contribution in [2.24, 2.45) is 0 Å². The summed E-state index contributed by atoms with van der Waals surface area (Å²) in [5, 5.41) is 12.1. The number of carbonyl (C=O) groups is 1. The normalized spacial score (nSPS) is 15.1. The molecule has 1 aromatic carbocycles. The maximum Gasteiger partial charge on any atom is 0.317 e. The van der Waals surface area contributed by atoms with E-state index >= 15 is 0 Å². The molecule has 0 aromatic heterocycles. The number of carbonyl (C=O) groups excluding carboxylic acids is 1. The van der Waals surface area contributed by atoms with Crippen molar-refractivity contribution in [3.63, 3.8) is 0 Å². The third kappa shape index (κ3) is 2.66. The molecule has 1 heterocycles. The number of likely N-dealkylation sites (tertiary alicyclic amines) is 1. The van der Waals surface area contributed by atoms with Gasteiger partial charge in [-0.25, -0.2) is 4.79 Å². The molecular formula is C12H16N2O2. The van der Waals surface area contributed by atoms with Gasteiger partial charge in [-0.2, -0.15) is 0 Å². The Kier molecular flexibility index (Phi) is 3.29. The van der Waals surface area contributed by atoms with E-state index in [1.54, 1.807) is 18.2 Å². The smallest absolute Gasteiger partial charge is 0.317 e. The van der Waals surface area contributed by atoms with Crippen molar-refractivity contribution in [1.29, 1.82) is 0 Å². The van der Waals surface area contributed by atoms with Gasteiger partial charge in [-0.3, -0.25) is 0 Å². The largest absolute Gasteiger partial charge is 0.508 e. The van der Waals surface area contributed by atoms with Crippen LogP contribution in [-0.2, 0) is 6.54 Å². The minimum Gasteiger partial charge on any atom is -0.508 e. The van der Waals surface area contributed by atoms with Crippen LogP contribution in [0, 0.1) is 0 Å². The number of aromatic hydroxyl groups is 1. The summed E-state index contributed by atoms with van der Waals surface area (Å²) >= 11 is 0. The van der Waals surface area contributed by atoms with Crippen molar-refractivity contribution in [2.75, 3.05) is 13.1 Å². The van der Waals surface area contributed by atoms with Gasteiger partial charge in [0.2, 0.25) is 0 Å². The number of hydrogen-bond acceptors (Lipinski definition) is 2. The first-order valence-corrected chi connectivity index (χ1v) is 5.56. The van der Waals surface area contributed by atoms with Crippen molar-refractivity contribution >= 4 is 6.03 Å². The molecule has 4 heteroatoms. The molecule has 0 aliphatic carbocycles. The van der Waals surface area contributed by atoms with E-state index in [-0.39, 0.29) is 11.8 Å². The predicted octanol–water partition coefficient (Wildman–Crippen LogP) is 1.70. The minimum atomic E-state index is -0.0131. The third-order valence-corrected chi connectivity index (χ3v) is 2.75. The van der Waals surface area contributed by atoms with Crippen LogP contribution < -0.4 is 5.32 Å². The molecule has 0 radical (unpaired) electrons. The van der Waals surface area contributed by atoms with Gasteiger partial charge in [0.15, 0.2) is 0 Å². The zero-order valence-electron chi connectivity index (χ0n) is 9.15. The molecule has 1 aliphatic rings. The van der Waals surface area contributed by atoms with Gasteiger partial charge in [0.25, 0.3) is 0 Å². The summed E-state index contributed by atoms with van der Waals surface area (Å²) in [6.45, 7) is 2.17. The number of rotatable bonds is 2. The van der Waals surface area contributed by atoms with Crippen molar-refractivity contribution in [3.05, 3.63) is 29.8 Å². The minimum absolute atomic E-state index is 0.0131. The van der Waals surface area contributed by atoms with Crippen LogP contribution >= 0.6 is 0 Å². The highest BCUT2D eigenvalue weighted by Gasteiger charge is 2.16. The van der Waals surface area contributed by atoms with E-state index in [0.29, 0.717) is 6.54 Å². The van der Waals surface area contributed by atoms with Gasteiger partial charge in [0.05, 0.1) is 0 Å². The maximum atomic E-state index is 11.7. The second-order valence-corrected chi connectivity index (χ2v) is 4.02. The molecule has 0 unspecified atom stereocenters. The van der Waals surface area contributed by atoms with Crippen LogP contribution in [0.2, 0.25) is 0 Å². The van der Waals surface area contributed by atoms with Gasteiger partial charge in [0.1, 0.15) is 5.75 Å². The van der Waals surface area contributed by atoms with E-state index in [1.165, 1.54) is 0 Å². The second-order valence-electron chi connectivity index (χ2n) is 4.02. The van der Waals surface area contributed by atoms with Gasteiger partial charge < -0.3 is 15.3 Å². The van der Waals surface area contributed by atoms with Crippen molar-refractivity contribution in [1.82, 2.24) is 10.2 Å². The average molecular weight is 220 g/mol. The van der Waals surface area contributed by atoms with E-state index in [2.05, 4.69) is 5.32 Å². The number of phenolic OH excluding ortho intramolecular Hbond substituents is 1. The molecule has 0 saturated carbocycles. The summed E-state index contributed by atoms with van der Waals surface area (Å²) in [5.41, 5.74) is 0.910. The standard InChI is InChI=1S/C12H16N2O2/c15-11-5-3-4-10(8-11)9-13-12(16)14-6-1-2-7-14/h3-5,8,15H,1-2,6-7,9H2,(H,13,16). The van der Waals surface area contributed by atoms with Gasteiger partial charge in [-0.15, -0.1) is 0 Å².